The topological polar surface area (TPSA) is 32.8 Å². The first-order chi connectivity index (χ1) is 38.8. The number of benzene rings is 12. The summed E-state index contributed by atoms with van der Waals surface area (Å²) in [4.78, 5) is 4.98. The van der Waals surface area contributed by atoms with Crippen molar-refractivity contribution in [2.45, 2.75) is 81.1 Å². The normalized spacial score (nSPS) is 12.1. The zero-order valence-corrected chi connectivity index (χ0v) is 47.3. The van der Waals surface area contributed by atoms with E-state index in [1.807, 2.05) is 0 Å². The minimum atomic E-state index is 0.213. The Hall–Kier alpha value is -9.12. The molecule has 0 radical (unpaired) electrons. The highest BCUT2D eigenvalue weighted by Crippen LogP contribution is 2.54. The van der Waals surface area contributed by atoms with Gasteiger partial charge in [0.1, 0.15) is 11.2 Å². The summed E-state index contributed by atoms with van der Waals surface area (Å²) in [5.41, 5.74) is 24.5. The fraction of sp³-hybridized carbons (Fsp3) is 0.158. The lowest BCUT2D eigenvalue weighted by Gasteiger charge is -2.32. The second-order valence-corrected chi connectivity index (χ2v) is 23.1. The van der Waals surface area contributed by atoms with Crippen molar-refractivity contribution < 1.29 is 8.83 Å². The predicted octanol–water partition coefficient (Wildman–Crippen LogP) is 22.8. The largest absolute Gasteiger partial charge is 0.453 e. The van der Waals surface area contributed by atoms with Crippen molar-refractivity contribution in [3.05, 3.63) is 239 Å². The van der Waals surface area contributed by atoms with Crippen LogP contribution in [0.15, 0.2) is 203 Å². The molecule has 80 heavy (non-hydrogen) atoms. The first-order valence-electron chi connectivity index (χ1n) is 28.4. The molecule has 4 heteroatoms. The highest BCUT2D eigenvalue weighted by molar-refractivity contribution is 6.30. The third kappa shape index (κ3) is 7.56. The molecule has 0 atom stereocenters. The molecule has 12 aromatic carbocycles. The van der Waals surface area contributed by atoms with Crippen LogP contribution >= 0.6 is 0 Å². The quantitative estimate of drug-likeness (QED) is 0.128. The molecule has 2 heterocycles. The van der Waals surface area contributed by atoms with Gasteiger partial charge >= 0.3 is 0 Å². The van der Waals surface area contributed by atoms with Crippen LogP contribution in [0.3, 0.4) is 0 Å². The Morgan fingerprint density at radius 2 is 0.637 bits per heavy atom. The van der Waals surface area contributed by atoms with Crippen LogP contribution in [0.1, 0.15) is 84.0 Å². The molecular weight excluding hydrogens is 973 g/mol. The van der Waals surface area contributed by atoms with Gasteiger partial charge in [-0.3, -0.25) is 0 Å². The van der Waals surface area contributed by atoms with E-state index < -0.39 is 0 Å². The van der Waals surface area contributed by atoms with Crippen LogP contribution in [0.4, 0.5) is 34.1 Å². The van der Waals surface area contributed by atoms with Crippen LogP contribution in [0, 0.1) is 41.5 Å². The molecule has 0 N–H and O–H groups in total. The molecule has 0 fully saturated rings. The zero-order valence-electron chi connectivity index (χ0n) is 47.3. The number of fused-ring (bicyclic) bond motifs is 6. The average molecular weight is 1040 g/mol. The molecule has 0 aliphatic carbocycles. The molecule has 0 spiro atoms. The van der Waals surface area contributed by atoms with Crippen LogP contribution in [0.5, 0.6) is 0 Å². The van der Waals surface area contributed by atoms with Crippen LogP contribution in [0.25, 0.3) is 98.4 Å². The van der Waals surface area contributed by atoms with E-state index in [0.29, 0.717) is 0 Å². The lowest BCUT2D eigenvalue weighted by Crippen LogP contribution is -2.13. The average Bonchev–Trinajstić information content (AvgIpc) is 4.18. The van der Waals surface area contributed by atoms with Crippen LogP contribution in [-0.2, 0) is 0 Å². The number of rotatable bonds is 10. The summed E-state index contributed by atoms with van der Waals surface area (Å²) in [5.74, 6) is 0.426. The van der Waals surface area contributed by atoms with Crippen molar-refractivity contribution in [3.8, 4) is 22.3 Å². The van der Waals surface area contributed by atoms with Gasteiger partial charge in [0.2, 0.25) is 0 Å². The Morgan fingerprint density at radius 1 is 0.275 bits per heavy atom. The Labute approximate surface area is 468 Å². The molecule has 0 aliphatic rings. The van der Waals surface area contributed by atoms with E-state index in [1.54, 1.807) is 0 Å². The summed E-state index contributed by atoms with van der Waals surface area (Å²) in [5, 5.41) is 11.8. The van der Waals surface area contributed by atoms with Gasteiger partial charge in [0, 0.05) is 54.8 Å². The van der Waals surface area contributed by atoms with Gasteiger partial charge in [0.05, 0.1) is 22.7 Å². The summed E-state index contributed by atoms with van der Waals surface area (Å²) in [7, 11) is 0. The summed E-state index contributed by atoms with van der Waals surface area (Å²) in [6.07, 6.45) is 0. The molecule has 0 unspecified atom stereocenters. The fourth-order valence-corrected chi connectivity index (χ4v) is 13.0. The number of para-hydroxylation sites is 4. The summed E-state index contributed by atoms with van der Waals surface area (Å²) in [6, 6.07) is 72.1. The Kier molecular flexibility index (Phi) is 11.5. The van der Waals surface area contributed by atoms with Crippen molar-refractivity contribution >= 4 is 110 Å². The fourth-order valence-electron chi connectivity index (χ4n) is 13.0. The van der Waals surface area contributed by atoms with Gasteiger partial charge < -0.3 is 18.6 Å². The molecule has 0 amide bonds. The summed E-state index contributed by atoms with van der Waals surface area (Å²) in [6.45, 7) is 22.6. The smallest absolute Gasteiger partial charge is 0.159 e. The van der Waals surface area contributed by atoms with Gasteiger partial charge in [-0.05, 0) is 179 Å². The SMILES string of the molecule is Cc1ccc(N(c2cc(C(C)C)c3ccc4c(N(c5ccc(C)c(C)c5)c5cccc6c5oc5c(-c7ccccc7C)cccc56)cc(C(C)C)c5ccc2c3c54)c2cccc3c2oc2c(-c4ccccc4C)cccc23)cc1C. The van der Waals surface area contributed by atoms with Gasteiger partial charge in [-0.1, -0.05) is 173 Å². The second-order valence-electron chi connectivity index (χ2n) is 23.1. The first kappa shape index (κ1) is 49.2. The lowest BCUT2D eigenvalue weighted by molar-refractivity contribution is 0.670. The van der Waals surface area contributed by atoms with E-state index in [9.17, 15) is 0 Å². The highest BCUT2D eigenvalue weighted by atomic mass is 16.3. The molecule has 0 bridgehead atoms. The lowest BCUT2D eigenvalue weighted by atomic mass is 9.84. The summed E-state index contributed by atoms with van der Waals surface area (Å²) < 4.78 is 14.6. The minimum Gasteiger partial charge on any atom is -0.453 e. The number of furan rings is 2. The van der Waals surface area contributed by atoms with E-state index in [-0.39, 0.29) is 11.8 Å². The third-order valence-electron chi connectivity index (χ3n) is 17.5. The number of anilines is 6. The van der Waals surface area contributed by atoms with Gasteiger partial charge in [-0.2, -0.15) is 0 Å². The maximum atomic E-state index is 7.32. The standard InChI is InChI=1S/C76H64N2O2/c1-43(2)65-41-69(77(51-33-31-45(5)49(9)39-51)67-29-17-27-61-59-25-15-23-57(73(59)79-75(61)67)53-21-13-11-19-47(53)7)63-38-36-56-66(44(3)4)42-70(64-37-35-55(65)71(63)72(56)64)78(52-34-32-46(6)50(10)40-52)68-30-18-28-62-60-26-16-24-58(74(60)80-76(62)68)54-22-14-12-20-48(54)8/h11-44H,1-10H3. The molecule has 0 saturated carbocycles. The van der Waals surface area contributed by atoms with E-state index in [4.69, 9.17) is 8.83 Å². The maximum Gasteiger partial charge on any atom is 0.159 e. The molecule has 14 rings (SSSR count). The van der Waals surface area contributed by atoms with Crippen molar-refractivity contribution in [2.24, 2.45) is 0 Å². The number of aryl methyl sites for hydroxylation is 6. The van der Waals surface area contributed by atoms with Crippen LogP contribution in [0.2, 0.25) is 0 Å². The monoisotopic (exact) mass is 1040 g/mol. The van der Waals surface area contributed by atoms with Crippen molar-refractivity contribution in [2.75, 3.05) is 9.80 Å². The number of hydrogen-bond donors (Lipinski definition) is 0. The van der Waals surface area contributed by atoms with Gasteiger partial charge in [-0.15, -0.1) is 0 Å². The van der Waals surface area contributed by atoms with E-state index in [1.165, 1.54) is 88.0 Å². The second kappa shape index (κ2) is 18.8. The number of hydrogen-bond acceptors (Lipinski definition) is 4. The molecule has 0 aliphatic heterocycles. The Morgan fingerprint density at radius 3 is 1.02 bits per heavy atom. The Bertz CT molecular complexity index is 4510. The molecule has 390 valence electrons. The van der Waals surface area contributed by atoms with Gasteiger partial charge in [0.15, 0.2) is 11.2 Å². The maximum absolute atomic E-state index is 7.32. The molecule has 14 aromatic rings. The third-order valence-corrected chi connectivity index (χ3v) is 17.5. The van der Waals surface area contributed by atoms with E-state index in [0.717, 1.165) is 89.1 Å². The van der Waals surface area contributed by atoms with Gasteiger partial charge in [-0.25, -0.2) is 0 Å². The predicted molar refractivity (Wildman–Crippen MR) is 342 cm³/mol. The first-order valence-corrected chi connectivity index (χ1v) is 28.4. The van der Waals surface area contributed by atoms with Crippen LogP contribution in [-0.4, -0.2) is 0 Å². The molecular formula is C76H64N2O2. The van der Waals surface area contributed by atoms with Crippen LogP contribution < -0.4 is 9.80 Å². The number of nitrogens with zero attached hydrogens (tertiary/aromatic N) is 2. The highest BCUT2D eigenvalue weighted by Gasteiger charge is 2.29. The van der Waals surface area contributed by atoms with Crippen molar-refractivity contribution in [1.29, 1.82) is 0 Å². The summed E-state index contributed by atoms with van der Waals surface area (Å²) >= 11 is 0. The van der Waals surface area contributed by atoms with Gasteiger partial charge in [0.25, 0.3) is 0 Å². The molecule has 2 aromatic heterocycles. The van der Waals surface area contributed by atoms with Crippen molar-refractivity contribution in [1.82, 2.24) is 0 Å². The zero-order chi connectivity index (χ0) is 54.8. The van der Waals surface area contributed by atoms with E-state index in [2.05, 4.69) is 273 Å². The molecule has 4 nitrogen and oxygen atoms in total. The Balaban J connectivity index is 1.08. The minimum absolute atomic E-state index is 0.213. The molecule has 0 saturated heterocycles. The van der Waals surface area contributed by atoms with Crippen molar-refractivity contribution in [3.63, 3.8) is 0 Å². The van der Waals surface area contributed by atoms with E-state index >= 15 is 0 Å².